The zero-order valence-corrected chi connectivity index (χ0v) is 17.5. The van der Waals surface area contributed by atoms with Crippen molar-refractivity contribution in [2.45, 2.75) is 38.6 Å². The van der Waals surface area contributed by atoms with E-state index in [2.05, 4.69) is 10.1 Å². The first-order chi connectivity index (χ1) is 14.7. The number of nitrogens with zero attached hydrogens (tertiary/aromatic N) is 3. The smallest absolute Gasteiger partial charge is 0.325 e. The molecule has 6 nitrogen and oxygen atoms in total. The largest absolute Gasteiger partial charge is 0.522 e. The molecule has 2 aromatic heterocycles. The minimum atomic E-state index is -4.66. The molecule has 31 heavy (non-hydrogen) atoms. The molecule has 3 aromatic rings. The van der Waals surface area contributed by atoms with Crippen LogP contribution in [0.3, 0.4) is 0 Å². The summed E-state index contributed by atoms with van der Waals surface area (Å²) in [6.07, 6.45) is -1.13. The number of alkyl halides is 3. The molecule has 0 radical (unpaired) electrons. The number of aryl methyl sites for hydroxylation is 2. The molecule has 0 bridgehead atoms. The number of hydrogen-bond acceptors (Lipinski definition) is 4. The molecule has 3 heterocycles. The van der Waals surface area contributed by atoms with Crippen molar-refractivity contribution in [1.82, 2.24) is 19.4 Å². The first-order valence-electron chi connectivity index (χ1n) is 10.3. The predicted octanol–water partition coefficient (Wildman–Crippen LogP) is 3.71. The molecule has 1 aliphatic heterocycles. The summed E-state index contributed by atoms with van der Waals surface area (Å²) < 4.78 is 45.1. The van der Waals surface area contributed by atoms with Gasteiger partial charge in [0.05, 0.1) is 17.6 Å². The Labute approximate surface area is 177 Å². The average Bonchev–Trinajstić information content (AvgIpc) is 3.09. The van der Waals surface area contributed by atoms with Crippen LogP contribution in [-0.2, 0) is 18.3 Å². The van der Waals surface area contributed by atoms with Crippen LogP contribution in [0.5, 0.6) is 0 Å². The van der Waals surface area contributed by atoms with Crippen molar-refractivity contribution in [3.05, 3.63) is 52.2 Å². The first-order valence-corrected chi connectivity index (χ1v) is 10.3. The van der Waals surface area contributed by atoms with Crippen LogP contribution in [0.2, 0.25) is 0 Å². The van der Waals surface area contributed by atoms with Crippen LogP contribution >= 0.6 is 0 Å². The summed E-state index contributed by atoms with van der Waals surface area (Å²) >= 11 is 0. The molecule has 0 atom stereocenters. The van der Waals surface area contributed by atoms with E-state index in [1.807, 2.05) is 28.8 Å². The number of piperidine rings is 1. The fourth-order valence-electron chi connectivity index (χ4n) is 4.24. The van der Waals surface area contributed by atoms with Crippen molar-refractivity contribution in [1.29, 1.82) is 0 Å². The predicted molar refractivity (Wildman–Crippen MR) is 112 cm³/mol. The maximum atomic E-state index is 12.6. The van der Waals surface area contributed by atoms with Gasteiger partial charge in [-0.1, -0.05) is 6.07 Å². The van der Waals surface area contributed by atoms with Crippen LogP contribution in [0.25, 0.3) is 22.2 Å². The lowest BCUT2D eigenvalue weighted by Gasteiger charge is -2.23. The number of halogens is 3. The molecular weight excluding hydrogens is 409 g/mol. The van der Waals surface area contributed by atoms with E-state index in [4.69, 9.17) is 4.98 Å². The number of nitrogens with one attached hydrogen (secondary N) is 1. The van der Waals surface area contributed by atoms with Gasteiger partial charge in [-0.25, -0.2) is 4.98 Å². The van der Waals surface area contributed by atoms with E-state index < -0.39 is 13.0 Å². The third-order valence-corrected chi connectivity index (χ3v) is 5.76. The third kappa shape index (κ3) is 4.67. The molecule has 0 unspecified atom stereocenters. The zero-order valence-electron chi connectivity index (χ0n) is 17.5. The Balaban J connectivity index is 1.77. The van der Waals surface area contributed by atoms with Gasteiger partial charge in [0.1, 0.15) is 5.82 Å². The number of fused-ring (bicyclic) bond motifs is 1. The van der Waals surface area contributed by atoms with Gasteiger partial charge >= 0.3 is 6.36 Å². The van der Waals surface area contributed by atoms with Crippen molar-refractivity contribution in [2.24, 2.45) is 7.05 Å². The van der Waals surface area contributed by atoms with Gasteiger partial charge in [0.2, 0.25) is 0 Å². The summed E-state index contributed by atoms with van der Waals surface area (Å²) in [5.74, 6) is 0.985. The summed E-state index contributed by atoms with van der Waals surface area (Å²) in [5, 5.41) is 3.31. The highest BCUT2D eigenvalue weighted by molar-refractivity contribution is 5.82. The Morgan fingerprint density at radius 2 is 1.94 bits per heavy atom. The van der Waals surface area contributed by atoms with Crippen molar-refractivity contribution < 1.29 is 17.9 Å². The highest BCUT2D eigenvalue weighted by Crippen LogP contribution is 2.31. The van der Waals surface area contributed by atoms with E-state index in [-0.39, 0.29) is 18.0 Å². The maximum absolute atomic E-state index is 12.6. The third-order valence-electron chi connectivity index (χ3n) is 5.76. The average molecular weight is 434 g/mol. The van der Waals surface area contributed by atoms with E-state index in [0.717, 1.165) is 53.9 Å². The van der Waals surface area contributed by atoms with Crippen LogP contribution in [-0.4, -0.2) is 40.2 Å². The number of pyridine rings is 1. The topological polar surface area (TPSA) is 61.1 Å². The number of hydrogen-bond donors (Lipinski definition) is 1. The fourth-order valence-corrected chi connectivity index (χ4v) is 4.24. The Hall–Kier alpha value is -2.65. The normalized spacial score (nSPS) is 15.6. The van der Waals surface area contributed by atoms with Crippen molar-refractivity contribution in [2.75, 3.05) is 19.7 Å². The second-order valence-electron chi connectivity index (χ2n) is 7.97. The zero-order chi connectivity index (χ0) is 22.2. The minimum absolute atomic E-state index is 0.0605. The number of aromatic nitrogens is 3. The number of ether oxygens (including phenoxy) is 1. The molecule has 1 saturated heterocycles. The Morgan fingerprint density at radius 3 is 2.61 bits per heavy atom. The van der Waals surface area contributed by atoms with E-state index in [1.54, 1.807) is 20.2 Å². The first kappa shape index (κ1) is 21.6. The molecule has 1 fully saturated rings. The number of benzene rings is 1. The lowest BCUT2D eigenvalue weighted by Crippen LogP contribution is -2.28. The molecule has 166 valence electrons. The fraction of sp³-hybridized carbons (Fsp3) is 0.455. The Morgan fingerprint density at radius 1 is 1.19 bits per heavy atom. The van der Waals surface area contributed by atoms with Crippen molar-refractivity contribution in [3.8, 4) is 11.1 Å². The summed E-state index contributed by atoms with van der Waals surface area (Å²) in [7, 11) is 1.70. The number of rotatable bonds is 5. The van der Waals surface area contributed by atoms with Gasteiger partial charge in [-0.05, 0) is 62.2 Å². The SMILES string of the molecule is Cc1cc(-c2ccc3nc(C4CCNCC4)n(CCOC(F)(F)F)c3c2)cn(C)c1=O. The highest BCUT2D eigenvalue weighted by atomic mass is 19.4. The van der Waals surface area contributed by atoms with Crippen molar-refractivity contribution >= 4 is 11.0 Å². The van der Waals surface area contributed by atoms with Crippen LogP contribution < -0.4 is 10.9 Å². The van der Waals surface area contributed by atoms with Crippen LogP contribution in [0.4, 0.5) is 13.2 Å². The Bertz CT molecular complexity index is 1120. The molecule has 9 heteroatoms. The van der Waals surface area contributed by atoms with E-state index in [0.29, 0.717) is 5.56 Å². The summed E-state index contributed by atoms with van der Waals surface area (Å²) in [6.45, 7) is 3.06. The molecule has 0 saturated carbocycles. The summed E-state index contributed by atoms with van der Waals surface area (Å²) in [4.78, 5) is 16.8. The van der Waals surface area contributed by atoms with Gasteiger partial charge in [0, 0.05) is 31.3 Å². The van der Waals surface area contributed by atoms with Gasteiger partial charge < -0.3 is 14.5 Å². The van der Waals surface area contributed by atoms with Crippen LogP contribution in [0, 0.1) is 6.92 Å². The molecule has 4 rings (SSSR count). The van der Waals surface area contributed by atoms with Crippen molar-refractivity contribution in [3.63, 3.8) is 0 Å². The van der Waals surface area contributed by atoms with E-state index >= 15 is 0 Å². The quantitative estimate of drug-likeness (QED) is 0.665. The lowest BCUT2D eigenvalue weighted by molar-refractivity contribution is -0.325. The molecule has 0 spiro atoms. The van der Waals surface area contributed by atoms with E-state index in [9.17, 15) is 18.0 Å². The van der Waals surface area contributed by atoms with Gasteiger partial charge in [-0.2, -0.15) is 0 Å². The molecular formula is C22H25F3N4O2. The second kappa shape index (κ2) is 8.47. The van der Waals surface area contributed by atoms with Crippen LogP contribution in [0.15, 0.2) is 35.3 Å². The second-order valence-corrected chi connectivity index (χ2v) is 7.97. The molecule has 1 aromatic carbocycles. The standard InChI is InChI=1S/C22H25F3N4O2/c1-14-11-17(13-28(2)21(14)30)16-3-4-18-19(12-16)29(9-10-31-22(23,24)25)20(27-18)15-5-7-26-8-6-15/h3-4,11-13,15,26H,5-10H2,1-2H3. The molecule has 1 N–H and O–H groups in total. The number of imidazole rings is 1. The Kier molecular flexibility index (Phi) is 5.90. The highest BCUT2D eigenvalue weighted by Gasteiger charge is 2.29. The van der Waals surface area contributed by atoms with Gasteiger partial charge in [-0.3, -0.25) is 9.53 Å². The minimum Gasteiger partial charge on any atom is -0.325 e. The summed E-state index contributed by atoms with van der Waals surface area (Å²) in [5.41, 5.74) is 3.81. The lowest BCUT2D eigenvalue weighted by atomic mass is 9.97. The summed E-state index contributed by atoms with van der Waals surface area (Å²) in [6, 6.07) is 7.57. The van der Waals surface area contributed by atoms with Gasteiger partial charge in [-0.15, -0.1) is 13.2 Å². The van der Waals surface area contributed by atoms with E-state index in [1.165, 1.54) is 4.57 Å². The monoisotopic (exact) mass is 434 g/mol. The van der Waals surface area contributed by atoms with Gasteiger partial charge in [0.15, 0.2) is 0 Å². The molecule has 0 amide bonds. The van der Waals surface area contributed by atoms with Crippen LogP contribution in [0.1, 0.15) is 30.1 Å². The molecule has 0 aliphatic carbocycles. The molecule has 1 aliphatic rings. The van der Waals surface area contributed by atoms with Gasteiger partial charge in [0.25, 0.3) is 5.56 Å². The maximum Gasteiger partial charge on any atom is 0.522 e.